The molecule has 3 fully saturated rings. The molecular formula is C21H39B3O6. The molecule has 3 heterocycles. The summed E-state index contributed by atoms with van der Waals surface area (Å²) < 4.78 is 37.6. The molecule has 0 aromatic heterocycles. The fourth-order valence-electron chi connectivity index (χ4n) is 3.61. The maximum absolute atomic E-state index is 6.34. The predicted molar refractivity (Wildman–Crippen MR) is 121 cm³/mol. The van der Waals surface area contributed by atoms with Gasteiger partial charge in [-0.25, -0.2) is 0 Å². The van der Waals surface area contributed by atoms with Crippen molar-refractivity contribution in [3.05, 3.63) is 11.4 Å². The lowest BCUT2D eigenvalue weighted by molar-refractivity contribution is 0.00578. The Bertz CT molecular complexity index is 666. The van der Waals surface area contributed by atoms with E-state index in [1.54, 1.807) is 0 Å². The molecule has 0 aromatic carbocycles. The third-order valence-corrected chi connectivity index (χ3v) is 7.88. The average molecular weight is 420 g/mol. The molecule has 0 spiro atoms. The summed E-state index contributed by atoms with van der Waals surface area (Å²) in [6.07, 6.45) is 0.508. The van der Waals surface area contributed by atoms with E-state index < -0.39 is 55.0 Å². The summed E-state index contributed by atoms with van der Waals surface area (Å²) in [6, 6.07) is 0. The fourth-order valence-corrected chi connectivity index (χ4v) is 3.61. The SMILES string of the molecule is CC1(C)OB(/C=C(/CB2OC(C)(C)C(C)(C)O2)B2OC(C)(C)C(C)(C)O2)OC1(C)C. The van der Waals surface area contributed by atoms with Crippen LogP contribution in [0.25, 0.3) is 0 Å². The van der Waals surface area contributed by atoms with Crippen LogP contribution in [0.1, 0.15) is 83.1 Å². The first kappa shape index (κ1) is 24.3. The zero-order valence-corrected chi connectivity index (χ0v) is 21.0. The molecule has 9 heteroatoms. The van der Waals surface area contributed by atoms with Crippen molar-refractivity contribution in [2.45, 2.75) is 123 Å². The van der Waals surface area contributed by atoms with Gasteiger partial charge in [0, 0.05) is 0 Å². The Labute approximate surface area is 184 Å². The Morgan fingerprint density at radius 1 is 0.533 bits per heavy atom. The second kappa shape index (κ2) is 7.10. The summed E-state index contributed by atoms with van der Waals surface area (Å²) in [7, 11) is -1.41. The van der Waals surface area contributed by atoms with Gasteiger partial charge in [-0.3, -0.25) is 0 Å². The van der Waals surface area contributed by atoms with Gasteiger partial charge in [-0.15, -0.1) is 0 Å². The van der Waals surface area contributed by atoms with E-state index in [2.05, 4.69) is 27.7 Å². The molecule has 6 nitrogen and oxygen atoms in total. The van der Waals surface area contributed by atoms with Gasteiger partial charge in [0.2, 0.25) is 0 Å². The van der Waals surface area contributed by atoms with E-state index in [1.807, 2.05) is 61.4 Å². The largest absolute Gasteiger partial charge is 0.489 e. The molecule has 0 bridgehead atoms. The highest BCUT2D eigenvalue weighted by atomic mass is 16.7. The van der Waals surface area contributed by atoms with Gasteiger partial charge in [0.05, 0.1) is 33.6 Å². The van der Waals surface area contributed by atoms with Crippen LogP contribution in [0.3, 0.4) is 0 Å². The molecule has 0 aliphatic carbocycles. The smallest absolute Gasteiger partial charge is 0.403 e. The van der Waals surface area contributed by atoms with Crippen molar-refractivity contribution in [2.75, 3.05) is 0 Å². The lowest BCUT2D eigenvalue weighted by Gasteiger charge is -2.32. The minimum atomic E-state index is -0.520. The first-order valence-electron chi connectivity index (χ1n) is 11.1. The zero-order valence-electron chi connectivity index (χ0n) is 21.0. The van der Waals surface area contributed by atoms with Crippen molar-refractivity contribution in [3.8, 4) is 0 Å². The van der Waals surface area contributed by atoms with Crippen LogP contribution in [0.2, 0.25) is 6.32 Å². The number of allylic oxidation sites excluding steroid dienone is 1. The normalized spacial score (nSPS) is 30.9. The summed E-state index contributed by atoms with van der Waals surface area (Å²) >= 11 is 0. The first-order valence-corrected chi connectivity index (χ1v) is 11.1. The summed E-state index contributed by atoms with van der Waals surface area (Å²) in [5.74, 6) is 1.98. The third kappa shape index (κ3) is 4.18. The van der Waals surface area contributed by atoms with Crippen LogP contribution in [0.15, 0.2) is 11.4 Å². The van der Waals surface area contributed by atoms with Crippen LogP contribution in [0.5, 0.6) is 0 Å². The molecule has 0 N–H and O–H groups in total. The van der Waals surface area contributed by atoms with Crippen molar-refractivity contribution in [1.29, 1.82) is 0 Å². The van der Waals surface area contributed by atoms with E-state index >= 15 is 0 Å². The molecule has 0 saturated carbocycles. The van der Waals surface area contributed by atoms with E-state index in [0.717, 1.165) is 5.47 Å². The monoisotopic (exact) mass is 420 g/mol. The van der Waals surface area contributed by atoms with Crippen LogP contribution in [0.4, 0.5) is 0 Å². The van der Waals surface area contributed by atoms with Crippen LogP contribution < -0.4 is 0 Å². The van der Waals surface area contributed by atoms with Crippen molar-refractivity contribution >= 4 is 21.4 Å². The quantitative estimate of drug-likeness (QED) is 0.634. The van der Waals surface area contributed by atoms with Gasteiger partial charge in [-0.2, -0.15) is 0 Å². The third-order valence-electron chi connectivity index (χ3n) is 7.88. The summed E-state index contributed by atoms with van der Waals surface area (Å²) in [6.45, 7) is 24.6. The Kier molecular flexibility index (Phi) is 5.76. The summed E-state index contributed by atoms with van der Waals surface area (Å²) in [5, 5.41) is 0. The van der Waals surface area contributed by atoms with E-state index in [9.17, 15) is 0 Å². The van der Waals surface area contributed by atoms with Gasteiger partial charge in [0.15, 0.2) is 0 Å². The highest BCUT2D eigenvalue weighted by molar-refractivity contribution is 6.63. The molecule has 3 aliphatic heterocycles. The Morgan fingerprint density at radius 3 is 1.27 bits per heavy atom. The summed E-state index contributed by atoms with van der Waals surface area (Å²) in [4.78, 5) is 0. The minimum absolute atomic E-state index is 0.400. The van der Waals surface area contributed by atoms with E-state index in [0.29, 0.717) is 6.32 Å². The molecule has 3 rings (SSSR count). The maximum atomic E-state index is 6.34. The van der Waals surface area contributed by atoms with Gasteiger partial charge in [-0.1, -0.05) is 5.98 Å². The predicted octanol–water partition coefficient (Wildman–Crippen LogP) is 4.27. The second-order valence-electron chi connectivity index (χ2n) is 11.8. The fraction of sp³-hybridized carbons (Fsp3) is 0.905. The topological polar surface area (TPSA) is 55.4 Å². The Morgan fingerprint density at radius 2 is 0.867 bits per heavy atom. The summed E-state index contributed by atoms with van der Waals surface area (Å²) in [5.41, 5.74) is -1.61. The highest BCUT2D eigenvalue weighted by Crippen LogP contribution is 2.43. The maximum Gasteiger partial charge on any atom is 0.489 e. The van der Waals surface area contributed by atoms with Gasteiger partial charge in [0.25, 0.3) is 0 Å². The Balaban J connectivity index is 1.87. The number of hydrogen-bond donors (Lipinski definition) is 0. The molecule has 0 atom stereocenters. The van der Waals surface area contributed by atoms with E-state index in [1.165, 1.54) is 0 Å². The van der Waals surface area contributed by atoms with E-state index in [4.69, 9.17) is 27.9 Å². The molecule has 168 valence electrons. The van der Waals surface area contributed by atoms with Gasteiger partial charge in [0.1, 0.15) is 0 Å². The van der Waals surface area contributed by atoms with Crippen LogP contribution in [0, 0.1) is 0 Å². The van der Waals surface area contributed by atoms with Crippen LogP contribution in [-0.2, 0) is 27.9 Å². The van der Waals surface area contributed by atoms with Gasteiger partial charge < -0.3 is 27.9 Å². The molecule has 0 radical (unpaired) electrons. The lowest BCUT2D eigenvalue weighted by Crippen LogP contribution is -2.41. The van der Waals surface area contributed by atoms with Crippen LogP contribution >= 0.6 is 0 Å². The van der Waals surface area contributed by atoms with Gasteiger partial charge >= 0.3 is 21.4 Å². The first-order chi connectivity index (χ1) is 13.3. The Hall–Kier alpha value is -0.305. The van der Waals surface area contributed by atoms with Crippen molar-refractivity contribution in [1.82, 2.24) is 0 Å². The van der Waals surface area contributed by atoms with Crippen molar-refractivity contribution < 1.29 is 27.9 Å². The molecule has 30 heavy (non-hydrogen) atoms. The molecule has 3 saturated heterocycles. The van der Waals surface area contributed by atoms with Crippen LogP contribution in [-0.4, -0.2) is 55.0 Å². The molecule has 0 amide bonds. The van der Waals surface area contributed by atoms with Gasteiger partial charge in [-0.05, 0) is 94.9 Å². The van der Waals surface area contributed by atoms with Crippen molar-refractivity contribution in [3.63, 3.8) is 0 Å². The molecular weight excluding hydrogens is 381 g/mol. The highest BCUT2D eigenvalue weighted by Gasteiger charge is 2.57. The van der Waals surface area contributed by atoms with Crippen molar-refractivity contribution in [2.24, 2.45) is 0 Å². The molecule has 0 unspecified atom stereocenters. The molecule has 3 aliphatic rings. The van der Waals surface area contributed by atoms with E-state index in [-0.39, 0.29) is 0 Å². The number of rotatable bonds is 4. The number of hydrogen-bond acceptors (Lipinski definition) is 6. The average Bonchev–Trinajstić information content (AvgIpc) is 2.93. The standard InChI is InChI=1S/C21H39B3O6/c1-16(2)17(3,4)26-22(25-16)13-15(24-29-20(9,10)21(11,12)30-24)14-23-27-18(5,6)19(7,8)28-23/h13H,14H2,1-12H3/b15-13-. The second-order valence-corrected chi connectivity index (χ2v) is 11.8. The lowest BCUT2D eigenvalue weighted by atomic mass is 9.62. The minimum Gasteiger partial charge on any atom is -0.403 e. The zero-order chi connectivity index (χ0) is 23.0. The molecule has 0 aromatic rings.